The third-order valence-corrected chi connectivity index (χ3v) is 7.74. The van der Waals surface area contributed by atoms with Gasteiger partial charge in [0.05, 0.1) is 30.9 Å². The van der Waals surface area contributed by atoms with Gasteiger partial charge in [-0.3, -0.25) is 0 Å². The number of aliphatic hydroxyl groups excluding tert-OH is 6. The first-order valence-electron chi connectivity index (χ1n) is 13.6. The number of hydrogen-bond acceptors (Lipinski definition) is 13. The Morgan fingerprint density at radius 1 is 0.902 bits per heavy atom. The topological polar surface area (TPSA) is 208 Å². The molecule has 13 nitrogen and oxygen atoms in total. The molecular weight excluding hydrogens is 555 g/mol. The average Bonchev–Trinajstić information content (AvgIpc) is 2.95. The van der Waals surface area contributed by atoms with Gasteiger partial charge in [-0.05, 0) is 25.3 Å². The van der Waals surface area contributed by atoms with E-state index in [1.165, 1.54) is 6.92 Å². The minimum atomic E-state index is -1.65. The first-order chi connectivity index (χ1) is 19.1. The quantitative estimate of drug-likeness (QED) is 0.140. The van der Waals surface area contributed by atoms with Crippen LogP contribution in [0.2, 0.25) is 0 Å². The summed E-state index contributed by atoms with van der Waals surface area (Å²) in [5, 5.41) is 74.0. The third-order valence-electron chi connectivity index (χ3n) is 7.74. The van der Waals surface area contributed by atoms with E-state index >= 15 is 0 Å². The number of carbonyl (C=O) groups excluding carboxylic acids is 1. The van der Waals surface area contributed by atoms with Crippen LogP contribution in [0.3, 0.4) is 0 Å². The van der Waals surface area contributed by atoms with Crippen LogP contribution in [0.5, 0.6) is 0 Å². The number of carbonyl (C=O) groups is 1. The van der Waals surface area contributed by atoms with Gasteiger partial charge in [-0.15, -0.1) is 0 Å². The molecule has 3 fully saturated rings. The van der Waals surface area contributed by atoms with Crippen LogP contribution in [0.4, 0.5) is 0 Å². The van der Waals surface area contributed by atoms with Gasteiger partial charge >= 0.3 is 29.6 Å². The van der Waals surface area contributed by atoms with E-state index in [9.17, 15) is 40.5 Å². The maximum absolute atomic E-state index is 11.9. The van der Waals surface area contributed by atoms with Crippen LogP contribution in [-0.4, -0.2) is 123 Å². The van der Waals surface area contributed by atoms with E-state index < -0.39 is 92.3 Å². The monoisotopic (exact) mass is 594 g/mol. The standard InChI is InChI=1S/C27H40O13.Na/c1-13-19(29)21(31)22(32)26(36-13)38-15-9-5-6-10-16(15)39-27-23(33)24(20(30)18(12-28)40-27)37-17(25(34)35)11-14-7-3-2-4-8-14;/h2-4,7-8,13,15-24,26-33H,5-6,9-12H2,1H3,(H,34,35);/q;+1/p-1/t13-,15+,16+,17-,18+,19+,20-,21+,22-,23+,24-,26-,27+;/m0./s1. The maximum atomic E-state index is 11.9. The SMILES string of the molecule is C[C@@H]1O[C@@H](O[C@@H]2CCCC[C@H]2O[C@@H]2O[C@H](CO)[C@H](O)[C@H](O[C@@H](Cc3ccccc3)C(=O)[O-])[C@H]2O)[C@@H](O)[C@H](O)[C@@H]1O.[Na+]. The Bertz CT molecular complexity index is 941. The summed E-state index contributed by atoms with van der Waals surface area (Å²) in [5.41, 5.74) is 0.639. The molecule has 2 aliphatic heterocycles. The number of aliphatic carboxylic acids is 1. The molecular formula is C27H39NaO13. The van der Waals surface area contributed by atoms with Gasteiger partial charge in [0.15, 0.2) is 12.6 Å². The van der Waals surface area contributed by atoms with Gasteiger partial charge in [0.25, 0.3) is 0 Å². The molecule has 0 aromatic heterocycles. The van der Waals surface area contributed by atoms with Crippen molar-refractivity contribution in [3.63, 3.8) is 0 Å². The molecule has 2 heterocycles. The number of ether oxygens (including phenoxy) is 5. The van der Waals surface area contributed by atoms with Crippen molar-refractivity contribution < 1.29 is 93.8 Å². The second-order valence-corrected chi connectivity index (χ2v) is 10.6. The van der Waals surface area contributed by atoms with Crippen molar-refractivity contribution in [3.8, 4) is 0 Å². The Balaban J connectivity index is 0.00000462. The average molecular weight is 595 g/mol. The molecule has 6 N–H and O–H groups in total. The van der Waals surface area contributed by atoms with Gasteiger partial charge in [-0.25, -0.2) is 0 Å². The normalized spacial score (nSPS) is 40.4. The molecule has 1 aromatic rings. The summed E-state index contributed by atoms with van der Waals surface area (Å²) in [4.78, 5) is 11.9. The summed E-state index contributed by atoms with van der Waals surface area (Å²) in [6, 6.07) is 8.64. The van der Waals surface area contributed by atoms with Crippen molar-refractivity contribution >= 4 is 5.97 Å². The van der Waals surface area contributed by atoms with Crippen LogP contribution in [0, 0.1) is 0 Å². The van der Waals surface area contributed by atoms with Crippen molar-refractivity contribution in [3.05, 3.63) is 35.9 Å². The second kappa shape index (κ2) is 15.8. The Morgan fingerprint density at radius 2 is 1.49 bits per heavy atom. The number of rotatable bonds is 10. The molecule has 0 unspecified atom stereocenters. The molecule has 0 radical (unpaired) electrons. The van der Waals surface area contributed by atoms with Crippen LogP contribution >= 0.6 is 0 Å². The van der Waals surface area contributed by atoms with E-state index in [2.05, 4.69) is 0 Å². The Labute approximate surface area is 260 Å². The fourth-order valence-corrected chi connectivity index (χ4v) is 5.38. The van der Waals surface area contributed by atoms with Crippen LogP contribution < -0.4 is 34.7 Å². The molecule has 1 aromatic carbocycles. The molecule has 4 rings (SSSR count). The summed E-state index contributed by atoms with van der Waals surface area (Å²) < 4.78 is 28.9. The molecule has 226 valence electrons. The zero-order valence-electron chi connectivity index (χ0n) is 23.2. The molecule has 14 heteroatoms. The van der Waals surface area contributed by atoms with Crippen LogP contribution in [0.15, 0.2) is 30.3 Å². The smallest absolute Gasteiger partial charge is 0.547 e. The van der Waals surface area contributed by atoms with Crippen molar-refractivity contribution in [1.82, 2.24) is 0 Å². The largest absolute Gasteiger partial charge is 1.00 e. The molecule has 0 bridgehead atoms. The van der Waals surface area contributed by atoms with E-state index in [-0.39, 0.29) is 36.0 Å². The molecule has 0 amide bonds. The number of hydrogen-bond donors (Lipinski definition) is 6. The summed E-state index contributed by atoms with van der Waals surface area (Å²) >= 11 is 0. The number of carboxylic acids is 1. The number of aliphatic hydroxyl groups is 6. The fourth-order valence-electron chi connectivity index (χ4n) is 5.38. The Morgan fingerprint density at radius 3 is 2.05 bits per heavy atom. The minimum absolute atomic E-state index is 0. The van der Waals surface area contributed by atoms with Crippen molar-refractivity contribution in [2.45, 2.75) is 119 Å². The summed E-state index contributed by atoms with van der Waals surface area (Å²) in [7, 11) is 0. The van der Waals surface area contributed by atoms with Crippen LogP contribution in [0.1, 0.15) is 38.2 Å². The molecule has 1 saturated carbocycles. The Hall–Kier alpha value is -0.750. The predicted molar refractivity (Wildman–Crippen MR) is 132 cm³/mol. The zero-order valence-corrected chi connectivity index (χ0v) is 25.2. The van der Waals surface area contributed by atoms with Crippen LogP contribution in [-0.2, 0) is 34.9 Å². The fraction of sp³-hybridized carbons (Fsp3) is 0.741. The minimum Gasteiger partial charge on any atom is -0.547 e. The Kier molecular flexibility index (Phi) is 13.4. The van der Waals surface area contributed by atoms with Crippen molar-refractivity contribution in [1.29, 1.82) is 0 Å². The van der Waals surface area contributed by atoms with E-state index in [0.29, 0.717) is 18.4 Å². The van der Waals surface area contributed by atoms with Gasteiger partial charge in [0.2, 0.25) is 0 Å². The zero-order chi connectivity index (χ0) is 29.0. The van der Waals surface area contributed by atoms with Crippen LogP contribution in [0.25, 0.3) is 0 Å². The summed E-state index contributed by atoms with van der Waals surface area (Å²) in [5.74, 6) is -1.54. The van der Waals surface area contributed by atoms with E-state index in [1.807, 2.05) is 0 Å². The molecule has 0 spiro atoms. The number of benzene rings is 1. The summed E-state index contributed by atoms with van der Waals surface area (Å²) in [6.07, 6.45) is -14.2. The first kappa shape index (κ1) is 34.7. The number of carboxylic acid groups (broad SMARTS) is 1. The molecule has 2 saturated heterocycles. The van der Waals surface area contributed by atoms with E-state index in [0.717, 1.165) is 12.8 Å². The van der Waals surface area contributed by atoms with E-state index in [1.54, 1.807) is 30.3 Å². The maximum Gasteiger partial charge on any atom is 1.00 e. The van der Waals surface area contributed by atoms with Gasteiger partial charge in [0.1, 0.15) is 48.8 Å². The van der Waals surface area contributed by atoms with Gasteiger partial charge in [0, 0.05) is 6.42 Å². The van der Waals surface area contributed by atoms with Gasteiger partial charge in [-0.2, -0.15) is 0 Å². The van der Waals surface area contributed by atoms with Crippen molar-refractivity contribution in [2.24, 2.45) is 0 Å². The molecule has 41 heavy (non-hydrogen) atoms. The first-order valence-corrected chi connectivity index (χ1v) is 13.6. The van der Waals surface area contributed by atoms with E-state index in [4.69, 9.17) is 23.7 Å². The van der Waals surface area contributed by atoms with Crippen molar-refractivity contribution in [2.75, 3.05) is 6.61 Å². The molecule has 13 atom stereocenters. The third kappa shape index (κ3) is 8.46. The summed E-state index contributed by atoms with van der Waals surface area (Å²) in [6.45, 7) is 0.877. The molecule has 3 aliphatic rings. The predicted octanol–water partition coefficient (Wildman–Crippen LogP) is -5.65. The molecule has 1 aliphatic carbocycles. The second-order valence-electron chi connectivity index (χ2n) is 10.6. The van der Waals surface area contributed by atoms with Gasteiger partial charge < -0.3 is 64.2 Å². The van der Waals surface area contributed by atoms with Gasteiger partial charge in [-0.1, -0.05) is 43.2 Å².